The summed E-state index contributed by atoms with van der Waals surface area (Å²) < 4.78 is 0. The van der Waals surface area contributed by atoms with Crippen LogP contribution >= 0.6 is 11.6 Å². The van der Waals surface area contributed by atoms with E-state index in [4.69, 9.17) is 11.6 Å². The van der Waals surface area contributed by atoms with Gasteiger partial charge in [0.05, 0.1) is 0 Å². The van der Waals surface area contributed by atoms with E-state index in [2.05, 4.69) is 17.0 Å². The molecule has 2 heteroatoms. The number of benzene rings is 2. The van der Waals surface area contributed by atoms with Crippen molar-refractivity contribution in [1.82, 2.24) is 0 Å². The molecule has 2 aromatic carbocycles. The van der Waals surface area contributed by atoms with Gasteiger partial charge in [-0.3, -0.25) is 0 Å². The molecule has 0 amide bonds. The van der Waals surface area contributed by atoms with Crippen molar-refractivity contribution >= 4 is 17.3 Å². The molecular weight excluding hydrogens is 218 g/mol. The summed E-state index contributed by atoms with van der Waals surface area (Å²) in [7, 11) is 4.06. The lowest BCUT2D eigenvalue weighted by molar-refractivity contribution is 1.13. The molecule has 0 spiro atoms. The topological polar surface area (TPSA) is 3.24 Å². The molecule has 0 aliphatic carbocycles. The summed E-state index contributed by atoms with van der Waals surface area (Å²) >= 11 is 5.88. The van der Waals surface area contributed by atoms with E-state index in [1.165, 1.54) is 11.1 Å². The van der Waals surface area contributed by atoms with Gasteiger partial charge in [-0.1, -0.05) is 35.9 Å². The Balaban J connectivity index is 2.51. The second kappa shape index (κ2) is 4.58. The smallest absolute Gasteiger partial charge is 0.0446 e. The lowest BCUT2D eigenvalue weighted by Gasteiger charge is -2.17. The molecule has 0 bridgehead atoms. The molecule has 1 radical (unpaired) electrons. The van der Waals surface area contributed by atoms with Crippen molar-refractivity contribution in [2.75, 3.05) is 19.0 Å². The van der Waals surface area contributed by atoms with E-state index >= 15 is 0 Å². The van der Waals surface area contributed by atoms with E-state index in [0.29, 0.717) is 0 Å². The molecule has 0 saturated carbocycles. The largest absolute Gasteiger partial charge is 0.377 e. The van der Waals surface area contributed by atoms with Crippen LogP contribution in [0.15, 0.2) is 42.5 Å². The van der Waals surface area contributed by atoms with Crippen molar-refractivity contribution in [2.24, 2.45) is 0 Å². The summed E-state index contributed by atoms with van der Waals surface area (Å²) in [6.07, 6.45) is 0. The van der Waals surface area contributed by atoms with Crippen LogP contribution in [-0.4, -0.2) is 14.1 Å². The molecule has 1 nitrogen and oxygen atoms in total. The lowest BCUT2D eigenvalue weighted by atomic mass is 10.0. The minimum Gasteiger partial charge on any atom is -0.377 e. The number of halogens is 1. The average molecular weight is 231 g/mol. The summed E-state index contributed by atoms with van der Waals surface area (Å²) in [6.45, 7) is 0. The first kappa shape index (κ1) is 11.0. The summed E-state index contributed by atoms with van der Waals surface area (Å²) in [4.78, 5) is 2.08. The van der Waals surface area contributed by atoms with E-state index in [0.717, 1.165) is 10.7 Å². The number of hydrogen-bond donors (Lipinski definition) is 0. The second-order valence-corrected chi connectivity index (χ2v) is 4.28. The highest BCUT2D eigenvalue weighted by molar-refractivity contribution is 6.30. The first-order valence-corrected chi connectivity index (χ1v) is 5.49. The van der Waals surface area contributed by atoms with E-state index in [9.17, 15) is 0 Å². The molecule has 0 aliphatic heterocycles. The van der Waals surface area contributed by atoms with E-state index in [1.54, 1.807) is 0 Å². The van der Waals surface area contributed by atoms with Crippen LogP contribution in [0.5, 0.6) is 0 Å². The van der Waals surface area contributed by atoms with Crippen molar-refractivity contribution in [3.05, 3.63) is 53.6 Å². The number of rotatable bonds is 2. The maximum absolute atomic E-state index is 5.88. The molecule has 16 heavy (non-hydrogen) atoms. The zero-order chi connectivity index (χ0) is 11.5. The van der Waals surface area contributed by atoms with Crippen molar-refractivity contribution in [3.63, 3.8) is 0 Å². The van der Waals surface area contributed by atoms with Crippen LogP contribution in [0.25, 0.3) is 11.1 Å². The van der Waals surface area contributed by atoms with Gasteiger partial charge in [-0.25, -0.2) is 0 Å². The van der Waals surface area contributed by atoms with Crippen molar-refractivity contribution in [2.45, 2.75) is 0 Å². The fourth-order valence-electron chi connectivity index (χ4n) is 1.67. The van der Waals surface area contributed by atoms with Crippen LogP contribution in [0.2, 0.25) is 5.02 Å². The molecule has 0 aliphatic rings. The first-order chi connectivity index (χ1) is 7.68. The zero-order valence-corrected chi connectivity index (χ0v) is 10.1. The highest BCUT2D eigenvalue weighted by Crippen LogP contribution is 2.29. The summed E-state index contributed by atoms with van der Waals surface area (Å²) in [5.41, 5.74) is 3.52. The van der Waals surface area contributed by atoms with Crippen LogP contribution in [0.1, 0.15) is 0 Å². The summed E-state index contributed by atoms with van der Waals surface area (Å²) in [5.74, 6) is 0. The highest BCUT2D eigenvalue weighted by atomic mass is 35.5. The van der Waals surface area contributed by atoms with Gasteiger partial charge in [0.15, 0.2) is 0 Å². The van der Waals surface area contributed by atoms with Crippen LogP contribution in [0.4, 0.5) is 5.69 Å². The van der Waals surface area contributed by atoms with Crippen molar-refractivity contribution < 1.29 is 0 Å². The maximum atomic E-state index is 5.88. The molecule has 0 atom stereocenters. The van der Waals surface area contributed by atoms with Gasteiger partial charge >= 0.3 is 0 Å². The van der Waals surface area contributed by atoms with E-state index in [-0.39, 0.29) is 0 Å². The Morgan fingerprint density at radius 3 is 2.38 bits per heavy atom. The van der Waals surface area contributed by atoms with Gasteiger partial charge in [0.2, 0.25) is 0 Å². The Morgan fingerprint density at radius 1 is 1.06 bits per heavy atom. The highest BCUT2D eigenvalue weighted by Gasteiger charge is 2.05. The average Bonchev–Trinajstić information content (AvgIpc) is 2.30. The van der Waals surface area contributed by atoms with Gasteiger partial charge in [-0.15, -0.1) is 0 Å². The Kier molecular flexibility index (Phi) is 3.16. The van der Waals surface area contributed by atoms with Gasteiger partial charge in [0.25, 0.3) is 0 Å². The monoisotopic (exact) mass is 230 g/mol. The van der Waals surface area contributed by atoms with Gasteiger partial charge in [-0.2, -0.15) is 0 Å². The standard InChI is InChI=1S/C14H13ClN/c1-16(2)14-6-4-3-5-13(14)11-7-9-12(15)10-8-11/h3,5-10H,1-2H3. The normalized spacial score (nSPS) is 10.2. The quantitative estimate of drug-likeness (QED) is 0.757. The van der Waals surface area contributed by atoms with Gasteiger partial charge in [-0.05, 0) is 29.8 Å². The number of hydrogen-bond acceptors (Lipinski definition) is 1. The van der Waals surface area contributed by atoms with E-state index in [1.807, 2.05) is 50.5 Å². The minimum atomic E-state index is 0.762. The Bertz CT molecular complexity index is 474. The molecule has 0 N–H and O–H groups in total. The molecule has 0 heterocycles. The van der Waals surface area contributed by atoms with Gasteiger partial charge < -0.3 is 4.90 Å². The molecule has 0 fully saturated rings. The van der Waals surface area contributed by atoms with Crippen LogP contribution in [0.3, 0.4) is 0 Å². The Morgan fingerprint density at radius 2 is 1.75 bits per heavy atom. The predicted molar refractivity (Wildman–Crippen MR) is 70.1 cm³/mol. The Hall–Kier alpha value is -1.47. The van der Waals surface area contributed by atoms with Crippen LogP contribution < -0.4 is 4.90 Å². The minimum absolute atomic E-state index is 0.762. The fraction of sp³-hybridized carbons (Fsp3) is 0.143. The molecular formula is C14H13ClN. The van der Waals surface area contributed by atoms with E-state index < -0.39 is 0 Å². The lowest BCUT2D eigenvalue weighted by Crippen LogP contribution is -2.09. The molecule has 0 aromatic heterocycles. The SMILES string of the molecule is CN(C)c1c[c]ccc1-c1ccc(Cl)cc1. The van der Waals surface area contributed by atoms with Gasteiger partial charge in [0.1, 0.15) is 0 Å². The van der Waals surface area contributed by atoms with Crippen molar-refractivity contribution in [1.29, 1.82) is 0 Å². The third-order valence-electron chi connectivity index (χ3n) is 2.48. The third kappa shape index (κ3) is 2.20. The second-order valence-electron chi connectivity index (χ2n) is 3.84. The molecule has 81 valence electrons. The molecule has 0 unspecified atom stereocenters. The predicted octanol–water partition coefficient (Wildman–Crippen LogP) is 3.87. The first-order valence-electron chi connectivity index (χ1n) is 5.12. The Labute approximate surface area is 101 Å². The summed E-state index contributed by atoms with van der Waals surface area (Å²) in [5, 5.41) is 0.762. The zero-order valence-electron chi connectivity index (χ0n) is 9.37. The van der Waals surface area contributed by atoms with Crippen LogP contribution in [0, 0.1) is 6.07 Å². The fourth-order valence-corrected chi connectivity index (χ4v) is 1.79. The molecule has 0 saturated heterocycles. The van der Waals surface area contributed by atoms with Gasteiger partial charge in [0, 0.05) is 30.4 Å². The molecule has 2 aromatic rings. The maximum Gasteiger partial charge on any atom is 0.0446 e. The number of anilines is 1. The van der Waals surface area contributed by atoms with Crippen molar-refractivity contribution in [3.8, 4) is 11.1 Å². The third-order valence-corrected chi connectivity index (χ3v) is 2.73. The summed E-state index contributed by atoms with van der Waals surface area (Å²) in [6, 6.07) is 17.0. The number of nitrogens with zero attached hydrogens (tertiary/aromatic N) is 1. The molecule has 2 rings (SSSR count). The van der Waals surface area contributed by atoms with Crippen LogP contribution in [-0.2, 0) is 0 Å².